The SMILES string of the molecule is O=C1CCC(NC(=O)Cc2c(F)cccc2F)CC1. The van der Waals surface area contributed by atoms with Crippen LogP contribution in [-0.2, 0) is 16.0 Å². The highest BCUT2D eigenvalue weighted by Gasteiger charge is 2.21. The molecule has 1 aromatic carbocycles. The van der Waals surface area contributed by atoms with Crippen molar-refractivity contribution in [2.75, 3.05) is 0 Å². The Hall–Kier alpha value is -1.78. The summed E-state index contributed by atoms with van der Waals surface area (Å²) < 4.78 is 26.8. The molecule has 1 fully saturated rings. The van der Waals surface area contributed by atoms with Gasteiger partial charge in [0.1, 0.15) is 17.4 Å². The fraction of sp³-hybridized carbons (Fsp3) is 0.429. The molecule has 1 aromatic rings. The van der Waals surface area contributed by atoms with Crippen molar-refractivity contribution in [2.24, 2.45) is 0 Å². The van der Waals surface area contributed by atoms with E-state index in [0.717, 1.165) is 12.1 Å². The third-order valence-corrected chi connectivity index (χ3v) is 3.31. The monoisotopic (exact) mass is 267 g/mol. The second kappa shape index (κ2) is 5.91. The van der Waals surface area contributed by atoms with Crippen LogP contribution in [0.4, 0.5) is 8.78 Å². The van der Waals surface area contributed by atoms with E-state index in [0.29, 0.717) is 25.7 Å². The summed E-state index contributed by atoms with van der Waals surface area (Å²) in [5, 5.41) is 2.72. The molecule has 5 heteroatoms. The average Bonchev–Trinajstić information content (AvgIpc) is 2.37. The van der Waals surface area contributed by atoms with Crippen LogP contribution < -0.4 is 5.32 Å². The first-order valence-electron chi connectivity index (χ1n) is 6.30. The number of halogens is 2. The second-order valence-electron chi connectivity index (χ2n) is 4.76. The minimum Gasteiger partial charge on any atom is -0.353 e. The fourth-order valence-corrected chi connectivity index (χ4v) is 2.22. The van der Waals surface area contributed by atoms with E-state index in [4.69, 9.17) is 0 Å². The number of rotatable bonds is 3. The number of carbonyl (C=O) groups excluding carboxylic acids is 2. The number of nitrogens with one attached hydrogen (secondary N) is 1. The van der Waals surface area contributed by atoms with Crippen LogP contribution in [0.1, 0.15) is 31.2 Å². The Morgan fingerprint density at radius 2 is 1.79 bits per heavy atom. The third-order valence-electron chi connectivity index (χ3n) is 3.31. The number of carbonyl (C=O) groups is 2. The summed E-state index contributed by atoms with van der Waals surface area (Å²) in [7, 11) is 0. The molecule has 0 spiro atoms. The zero-order valence-electron chi connectivity index (χ0n) is 10.4. The number of amides is 1. The van der Waals surface area contributed by atoms with Gasteiger partial charge in [0, 0.05) is 24.4 Å². The minimum absolute atomic E-state index is 0.0694. The molecule has 0 bridgehead atoms. The van der Waals surface area contributed by atoms with E-state index in [1.165, 1.54) is 6.07 Å². The summed E-state index contributed by atoms with van der Waals surface area (Å²) in [6.45, 7) is 0. The first kappa shape index (κ1) is 13.6. The lowest BCUT2D eigenvalue weighted by molar-refractivity contribution is -0.124. The van der Waals surface area contributed by atoms with Gasteiger partial charge in [-0.15, -0.1) is 0 Å². The lowest BCUT2D eigenvalue weighted by Gasteiger charge is -2.22. The Labute approximate surface area is 110 Å². The van der Waals surface area contributed by atoms with E-state index in [-0.39, 0.29) is 23.8 Å². The van der Waals surface area contributed by atoms with E-state index in [1.807, 2.05) is 0 Å². The lowest BCUT2D eigenvalue weighted by Crippen LogP contribution is -2.38. The molecule has 0 radical (unpaired) electrons. The van der Waals surface area contributed by atoms with Crippen molar-refractivity contribution in [3.63, 3.8) is 0 Å². The first-order chi connectivity index (χ1) is 9.06. The van der Waals surface area contributed by atoms with Gasteiger partial charge in [0.2, 0.25) is 5.91 Å². The lowest BCUT2D eigenvalue weighted by atomic mass is 9.94. The number of benzene rings is 1. The van der Waals surface area contributed by atoms with Crippen LogP contribution in [0.15, 0.2) is 18.2 Å². The number of hydrogen-bond donors (Lipinski definition) is 1. The molecule has 1 saturated carbocycles. The molecule has 2 rings (SSSR count). The molecule has 0 aliphatic heterocycles. The molecule has 3 nitrogen and oxygen atoms in total. The van der Waals surface area contributed by atoms with Crippen LogP contribution in [0, 0.1) is 11.6 Å². The van der Waals surface area contributed by atoms with Crippen LogP contribution in [0.2, 0.25) is 0 Å². The van der Waals surface area contributed by atoms with Gasteiger partial charge in [0.25, 0.3) is 0 Å². The quantitative estimate of drug-likeness (QED) is 0.912. The highest BCUT2D eigenvalue weighted by molar-refractivity contribution is 5.81. The molecule has 1 aliphatic carbocycles. The van der Waals surface area contributed by atoms with Gasteiger partial charge in [-0.05, 0) is 25.0 Å². The van der Waals surface area contributed by atoms with Gasteiger partial charge in [0.15, 0.2) is 0 Å². The van der Waals surface area contributed by atoms with Crippen LogP contribution in [0.5, 0.6) is 0 Å². The highest BCUT2D eigenvalue weighted by atomic mass is 19.1. The smallest absolute Gasteiger partial charge is 0.224 e. The summed E-state index contributed by atoms with van der Waals surface area (Å²) in [6, 6.07) is 3.45. The van der Waals surface area contributed by atoms with Crippen molar-refractivity contribution >= 4 is 11.7 Å². The largest absolute Gasteiger partial charge is 0.353 e. The molecule has 1 aliphatic rings. The topological polar surface area (TPSA) is 46.2 Å². The summed E-state index contributed by atoms with van der Waals surface area (Å²) >= 11 is 0. The Kier molecular flexibility index (Phi) is 4.24. The molecule has 102 valence electrons. The minimum atomic E-state index is -0.714. The van der Waals surface area contributed by atoms with Crippen molar-refractivity contribution in [2.45, 2.75) is 38.1 Å². The summed E-state index contributed by atoms with van der Waals surface area (Å²) in [5.41, 5.74) is -0.216. The third kappa shape index (κ3) is 3.59. The molecule has 0 unspecified atom stereocenters. The summed E-state index contributed by atoms with van der Waals surface area (Å²) in [5.74, 6) is -1.64. The van der Waals surface area contributed by atoms with Crippen LogP contribution in [0.3, 0.4) is 0 Å². The molecule has 19 heavy (non-hydrogen) atoms. The maximum absolute atomic E-state index is 13.4. The van der Waals surface area contributed by atoms with E-state index in [2.05, 4.69) is 5.32 Å². The molecular weight excluding hydrogens is 252 g/mol. The highest BCUT2D eigenvalue weighted by Crippen LogP contribution is 2.16. The molecule has 1 N–H and O–H groups in total. The Balaban J connectivity index is 1.92. The van der Waals surface area contributed by atoms with E-state index < -0.39 is 17.5 Å². The average molecular weight is 267 g/mol. The molecule has 0 atom stereocenters. The predicted molar refractivity (Wildman–Crippen MR) is 65.5 cm³/mol. The number of hydrogen-bond acceptors (Lipinski definition) is 2. The molecule has 0 saturated heterocycles. The zero-order valence-corrected chi connectivity index (χ0v) is 10.4. The summed E-state index contributed by atoms with van der Waals surface area (Å²) in [4.78, 5) is 22.8. The second-order valence-corrected chi connectivity index (χ2v) is 4.76. The maximum Gasteiger partial charge on any atom is 0.224 e. The molecule has 1 amide bonds. The summed E-state index contributed by atoms with van der Waals surface area (Å²) in [6.07, 6.45) is 1.80. The number of Topliss-reactive ketones (excluding diaryl/α,β-unsaturated/α-hetero) is 1. The Morgan fingerprint density at radius 1 is 1.21 bits per heavy atom. The first-order valence-corrected chi connectivity index (χ1v) is 6.30. The Morgan fingerprint density at radius 3 is 2.37 bits per heavy atom. The van der Waals surface area contributed by atoms with E-state index in [1.54, 1.807) is 0 Å². The van der Waals surface area contributed by atoms with Gasteiger partial charge in [-0.1, -0.05) is 6.07 Å². The van der Waals surface area contributed by atoms with Gasteiger partial charge in [0.05, 0.1) is 6.42 Å². The van der Waals surface area contributed by atoms with E-state index in [9.17, 15) is 18.4 Å². The van der Waals surface area contributed by atoms with Gasteiger partial charge >= 0.3 is 0 Å². The van der Waals surface area contributed by atoms with Gasteiger partial charge in [-0.25, -0.2) is 8.78 Å². The van der Waals surface area contributed by atoms with Crippen molar-refractivity contribution < 1.29 is 18.4 Å². The van der Waals surface area contributed by atoms with Crippen molar-refractivity contribution in [1.29, 1.82) is 0 Å². The van der Waals surface area contributed by atoms with Crippen molar-refractivity contribution in [3.8, 4) is 0 Å². The van der Waals surface area contributed by atoms with E-state index >= 15 is 0 Å². The maximum atomic E-state index is 13.4. The predicted octanol–water partition coefficient (Wildman–Crippen LogP) is 2.14. The van der Waals surface area contributed by atoms with Crippen LogP contribution in [-0.4, -0.2) is 17.7 Å². The normalized spacial score (nSPS) is 16.4. The molecule has 0 heterocycles. The van der Waals surface area contributed by atoms with Crippen LogP contribution >= 0.6 is 0 Å². The van der Waals surface area contributed by atoms with Crippen molar-refractivity contribution in [1.82, 2.24) is 5.32 Å². The zero-order chi connectivity index (χ0) is 13.8. The van der Waals surface area contributed by atoms with Crippen molar-refractivity contribution in [3.05, 3.63) is 35.4 Å². The Bertz CT molecular complexity index is 472. The van der Waals surface area contributed by atoms with Gasteiger partial charge < -0.3 is 5.32 Å². The molecular formula is C14H15F2NO2. The van der Waals surface area contributed by atoms with Crippen LogP contribution in [0.25, 0.3) is 0 Å². The van der Waals surface area contributed by atoms with Gasteiger partial charge in [-0.3, -0.25) is 9.59 Å². The fourth-order valence-electron chi connectivity index (χ4n) is 2.22. The number of ketones is 1. The standard InChI is InChI=1S/C14H15F2NO2/c15-12-2-1-3-13(16)11(12)8-14(19)17-9-4-6-10(18)7-5-9/h1-3,9H,4-8H2,(H,17,19). The van der Waals surface area contributed by atoms with Gasteiger partial charge in [-0.2, -0.15) is 0 Å². The molecule has 0 aromatic heterocycles.